The molecule has 0 aliphatic carbocycles. The fraction of sp³-hybridized carbons (Fsp3) is 0.362. The van der Waals surface area contributed by atoms with E-state index in [1.807, 2.05) is 41.1 Å². The van der Waals surface area contributed by atoms with Crippen molar-refractivity contribution in [2.24, 2.45) is 5.92 Å². The lowest BCUT2D eigenvalue weighted by molar-refractivity contribution is -0.126. The van der Waals surface area contributed by atoms with Gasteiger partial charge >= 0.3 is 10.2 Å². The number of rotatable bonds is 14. The lowest BCUT2D eigenvalue weighted by Gasteiger charge is -2.35. The molecule has 0 saturated carbocycles. The average molecular weight is 911 g/mol. The summed E-state index contributed by atoms with van der Waals surface area (Å²) in [6.45, 7) is 7.76. The normalized spacial score (nSPS) is 19.6. The van der Waals surface area contributed by atoms with E-state index < -0.39 is 51.1 Å². The predicted molar refractivity (Wildman–Crippen MR) is 239 cm³/mol. The maximum absolute atomic E-state index is 15.7. The molecule has 6 heterocycles. The highest BCUT2D eigenvalue weighted by Gasteiger charge is 2.39. The fourth-order valence-corrected chi connectivity index (χ4v) is 10.5. The number of H-pyrrole nitrogens is 1. The number of alkyl halides is 1. The molecule has 2 amide bonds. The number of allylic oxidation sites excluding steroid dienone is 1. The Balaban J connectivity index is 0.761. The number of aromatic amines is 1. The Hall–Kier alpha value is -6.24. The van der Waals surface area contributed by atoms with Crippen LogP contribution in [0.5, 0.6) is 5.75 Å². The molecule has 5 aromatic rings. The van der Waals surface area contributed by atoms with Gasteiger partial charge in [-0.1, -0.05) is 18.7 Å². The first-order valence-electron chi connectivity index (χ1n) is 21.7. The second-order valence-electron chi connectivity index (χ2n) is 17.3. The summed E-state index contributed by atoms with van der Waals surface area (Å²) >= 11 is 0. The molecule has 2 aromatic heterocycles. The number of halogens is 3. The Morgan fingerprint density at radius 1 is 1.00 bits per heavy atom. The van der Waals surface area contributed by atoms with Gasteiger partial charge in [0.2, 0.25) is 11.7 Å². The number of fused-ring (bicyclic) bond motifs is 2. The van der Waals surface area contributed by atoms with Crippen molar-refractivity contribution in [3.05, 3.63) is 119 Å². The molecule has 3 N–H and O–H groups in total. The minimum absolute atomic E-state index is 0.000859. The monoisotopic (exact) mass is 910 g/mol. The highest BCUT2D eigenvalue weighted by molar-refractivity contribution is 7.90. The van der Waals surface area contributed by atoms with Gasteiger partial charge in [-0.2, -0.15) is 12.7 Å². The van der Waals surface area contributed by atoms with Crippen LogP contribution < -0.4 is 19.7 Å². The number of carbonyl (C=O) groups excluding carboxylic acids is 3. The molecule has 2 atom stereocenters. The van der Waals surface area contributed by atoms with Crippen LogP contribution >= 0.6 is 0 Å². The predicted octanol–water partition coefficient (Wildman–Crippen LogP) is 6.41. The molecule has 0 spiro atoms. The Labute approximate surface area is 374 Å². The van der Waals surface area contributed by atoms with Crippen LogP contribution in [0.1, 0.15) is 63.9 Å². The van der Waals surface area contributed by atoms with Crippen molar-refractivity contribution in [1.29, 1.82) is 0 Å². The van der Waals surface area contributed by atoms with Crippen molar-refractivity contribution < 1.29 is 40.7 Å². The van der Waals surface area contributed by atoms with Crippen LogP contribution in [-0.2, 0) is 21.5 Å². The van der Waals surface area contributed by atoms with Gasteiger partial charge in [-0.05, 0) is 105 Å². The van der Waals surface area contributed by atoms with Crippen LogP contribution in [-0.4, -0.2) is 115 Å². The maximum atomic E-state index is 15.7. The average Bonchev–Trinajstić information content (AvgIpc) is 4.02. The number of carbonyl (C=O) groups is 3. The summed E-state index contributed by atoms with van der Waals surface area (Å²) in [6.07, 6.45) is 4.88. The number of aromatic nitrogens is 2. The van der Waals surface area contributed by atoms with E-state index >= 15 is 8.78 Å². The summed E-state index contributed by atoms with van der Waals surface area (Å²) in [6, 6.07) is 16.3. The summed E-state index contributed by atoms with van der Waals surface area (Å²) in [5.74, 6) is -2.64. The SMILES string of the molecule is C=C1CCC(N2Cc3cc(N4CCC(CN(C)CCOc5ccc(-c6cnc7[nH]cc(C(=O)c8c(F)ccc(NS(=O)(=O)N9CC[C@@H](F)C9)c8F)c7c6)cc5)CC4)ccc3C2=O)C(=O)N1. The lowest BCUT2D eigenvalue weighted by atomic mass is 9.95. The standard InChI is InChI=1S/C47H49F3N8O6S/c1-28-3-12-41(46(60)53-28)58-26-32-21-34(6-9-36(32)47(58)61)56-16-13-29(14-17-56)25-55(2)19-20-64-35-7-4-30(5-8-35)31-22-37-38(24-52-45(37)51-23-31)44(59)42-39(49)10-11-40(43(42)50)54-65(62,63)57-18-15-33(48)27-57/h4-11,21-24,29,33,41,54H,1,3,12-20,25-27H2,2H3,(H,51,52)(H,53,60)/t33-,41?/m1/s1. The Bertz CT molecular complexity index is 2800. The number of ether oxygens (including phenoxy) is 1. The molecular formula is C47H49F3N8O6S. The highest BCUT2D eigenvalue weighted by Crippen LogP contribution is 2.34. The fourth-order valence-electron chi connectivity index (χ4n) is 9.24. The first-order valence-corrected chi connectivity index (χ1v) is 23.2. The van der Waals surface area contributed by atoms with Crippen LogP contribution in [0.25, 0.3) is 22.2 Å². The number of hydrogen-bond donors (Lipinski definition) is 3. The molecule has 0 bridgehead atoms. The van der Waals surface area contributed by atoms with Gasteiger partial charge in [0.05, 0.1) is 11.3 Å². The smallest absolute Gasteiger partial charge is 0.301 e. The summed E-state index contributed by atoms with van der Waals surface area (Å²) in [4.78, 5) is 53.1. The van der Waals surface area contributed by atoms with Crippen LogP contribution in [0.2, 0.25) is 0 Å². The maximum Gasteiger partial charge on any atom is 0.301 e. The minimum Gasteiger partial charge on any atom is -0.492 e. The zero-order valence-electron chi connectivity index (χ0n) is 35.8. The molecule has 3 fully saturated rings. The molecule has 18 heteroatoms. The third kappa shape index (κ3) is 9.06. The van der Waals surface area contributed by atoms with E-state index in [9.17, 15) is 27.2 Å². The number of amides is 2. The summed E-state index contributed by atoms with van der Waals surface area (Å²) < 4.78 is 79.0. The highest BCUT2D eigenvalue weighted by atomic mass is 32.2. The van der Waals surface area contributed by atoms with Crippen molar-refractivity contribution in [2.45, 2.75) is 50.9 Å². The van der Waals surface area contributed by atoms with E-state index in [0.717, 1.165) is 72.3 Å². The number of benzene rings is 3. The molecule has 1 unspecified atom stereocenters. The minimum atomic E-state index is -4.36. The van der Waals surface area contributed by atoms with Crippen molar-refractivity contribution in [1.82, 2.24) is 29.4 Å². The van der Waals surface area contributed by atoms with E-state index in [4.69, 9.17) is 4.74 Å². The van der Waals surface area contributed by atoms with Gasteiger partial charge in [0.15, 0.2) is 5.82 Å². The van der Waals surface area contributed by atoms with Gasteiger partial charge in [-0.25, -0.2) is 18.2 Å². The molecule has 9 rings (SSSR count). The van der Waals surface area contributed by atoms with Crippen molar-refractivity contribution in [2.75, 3.05) is 62.5 Å². The number of ketones is 1. The summed E-state index contributed by atoms with van der Waals surface area (Å²) in [5, 5.41) is 3.11. The van der Waals surface area contributed by atoms with Gasteiger partial charge in [-0.15, -0.1) is 0 Å². The first-order chi connectivity index (χ1) is 31.2. The number of piperidine rings is 2. The number of pyridine rings is 1. The van der Waals surface area contributed by atoms with E-state index in [1.54, 1.807) is 17.2 Å². The number of anilines is 2. The third-order valence-electron chi connectivity index (χ3n) is 12.9. The van der Waals surface area contributed by atoms with Gasteiger partial charge in [0, 0.05) is 91.7 Å². The number of likely N-dealkylation sites (N-methyl/N-ethyl adjacent to an activating group) is 1. The number of hydrogen-bond acceptors (Lipinski definition) is 9. The number of nitrogens with zero attached hydrogens (tertiary/aromatic N) is 5. The van der Waals surface area contributed by atoms with Crippen LogP contribution in [0.15, 0.2) is 85.3 Å². The lowest BCUT2D eigenvalue weighted by Crippen LogP contribution is -2.49. The third-order valence-corrected chi connectivity index (χ3v) is 14.4. The van der Waals surface area contributed by atoms with E-state index in [-0.39, 0.29) is 36.9 Å². The molecule has 0 radical (unpaired) electrons. The molecule has 14 nitrogen and oxygen atoms in total. The quantitative estimate of drug-likeness (QED) is 0.107. The summed E-state index contributed by atoms with van der Waals surface area (Å²) in [5.41, 5.74) is 3.49. The molecule has 340 valence electrons. The Morgan fingerprint density at radius 3 is 2.52 bits per heavy atom. The zero-order valence-corrected chi connectivity index (χ0v) is 36.6. The van der Waals surface area contributed by atoms with Gasteiger partial charge < -0.3 is 29.7 Å². The van der Waals surface area contributed by atoms with E-state index in [1.165, 1.54) is 6.20 Å². The van der Waals surface area contributed by atoms with Gasteiger partial charge in [-0.3, -0.25) is 19.1 Å². The second kappa shape index (κ2) is 18.0. The van der Waals surface area contributed by atoms with E-state index in [2.05, 4.69) is 44.8 Å². The van der Waals surface area contributed by atoms with Gasteiger partial charge in [0.25, 0.3) is 5.91 Å². The van der Waals surface area contributed by atoms with E-state index in [0.29, 0.717) is 65.5 Å². The number of nitrogens with one attached hydrogen (secondary N) is 3. The zero-order chi connectivity index (χ0) is 45.6. The molecule has 65 heavy (non-hydrogen) atoms. The van der Waals surface area contributed by atoms with Crippen molar-refractivity contribution in [3.8, 4) is 16.9 Å². The summed E-state index contributed by atoms with van der Waals surface area (Å²) in [7, 11) is -2.27. The van der Waals surface area contributed by atoms with Gasteiger partial charge in [0.1, 0.15) is 36.0 Å². The second-order valence-corrected chi connectivity index (χ2v) is 18.9. The molecule has 3 saturated heterocycles. The van der Waals surface area contributed by atoms with Crippen LogP contribution in [0.3, 0.4) is 0 Å². The van der Waals surface area contributed by atoms with Crippen molar-refractivity contribution in [3.63, 3.8) is 0 Å². The largest absolute Gasteiger partial charge is 0.492 e. The van der Waals surface area contributed by atoms with Crippen LogP contribution in [0.4, 0.5) is 24.5 Å². The topological polar surface area (TPSA) is 160 Å². The molecule has 4 aliphatic rings. The first kappa shape index (κ1) is 44.0. The molecule has 3 aromatic carbocycles. The Morgan fingerprint density at radius 2 is 1.78 bits per heavy atom. The Kier molecular flexibility index (Phi) is 12.2. The van der Waals surface area contributed by atoms with Crippen LogP contribution in [0, 0.1) is 17.6 Å². The molecular weight excluding hydrogens is 862 g/mol. The molecule has 4 aliphatic heterocycles. The van der Waals surface area contributed by atoms with Crippen molar-refractivity contribution >= 4 is 50.2 Å².